The van der Waals surface area contributed by atoms with Crippen LogP contribution in [0.2, 0.25) is 0 Å². The molecule has 2 aliphatic heterocycles. The van der Waals surface area contributed by atoms with Crippen LogP contribution in [0.4, 0.5) is 5.82 Å². The standard InChI is InChI=1S/C18H25N5O/c1-21-10-6-14(7-11-21)23-16-5-3-2-4-15(16)20-17(18(23)24)22-12-8-19-9-13-22/h2-5,14,19H,6-13H2,1H3. The average molecular weight is 327 g/mol. The van der Waals surface area contributed by atoms with E-state index in [2.05, 4.69) is 22.2 Å². The van der Waals surface area contributed by atoms with E-state index in [-0.39, 0.29) is 11.6 Å². The van der Waals surface area contributed by atoms with Gasteiger partial charge in [0.1, 0.15) is 0 Å². The fourth-order valence-electron chi connectivity index (χ4n) is 3.84. The molecule has 0 spiro atoms. The fourth-order valence-corrected chi connectivity index (χ4v) is 3.84. The first-order chi connectivity index (χ1) is 11.7. The van der Waals surface area contributed by atoms with E-state index in [0.717, 1.165) is 63.1 Å². The predicted molar refractivity (Wildman–Crippen MR) is 96.9 cm³/mol. The molecule has 1 N–H and O–H groups in total. The third kappa shape index (κ3) is 2.80. The van der Waals surface area contributed by atoms with E-state index in [9.17, 15) is 4.79 Å². The number of fused-ring (bicyclic) bond motifs is 1. The summed E-state index contributed by atoms with van der Waals surface area (Å²) in [6, 6.07) is 8.32. The molecular weight excluding hydrogens is 302 g/mol. The monoisotopic (exact) mass is 327 g/mol. The molecule has 2 aromatic rings. The Morgan fingerprint density at radius 3 is 2.54 bits per heavy atom. The lowest BCUT2D eigenvalue weighted by Gasteiger charge is -2.33. The number of aromatic nitrogens is 2. The molecule has 128 valence electrons. The number of hydrogen-bond acceptors (Lipinski definition) is 5. The lowest BCUT2D eigenvalue weighted by molar-refractivity contribution is 0.221. The highest BCUT2D eigenvalue weighted by molar-refractivity contribution is 5.76. The Morgan fingerprint density at radius 2 is 1.79 bits per heavy atom. The van der Waals surface area contributed by atoms with Crippen LogP contribution in [-0.4, -0.2) is 60.8 Å². The van der Waals surface area contributed by atoms with Crippen molar-refractivity contribution in [3.05, 3.63) is 34.6 Å². The number of likely N-dealkylation sites (tertiary alicyclic amines) is 1. The molecular formula is C18H25N5O. The SMILES string of the molecule is CN1CCC(n2c(=O)c(N3CCNCC3)nc3ccccc32)CC1. The Morgan fingerprint density at radius 1 is 1.08 bits per heavy atom. The molecule has 2 aliphatic rings. The van der Waals surface area contributed by atoms with E-state index in [0.29, 0.717) is 5.82 Å². The minimum atomic E-state index is 0.0742. The molecule has 4 rings (SSSR count). The van der Waals surface area contributed by atoms with Gasteiger partial charge in [-0.15, -0.1) is 0 Å². The Kier molecular flexibility index (Phi) is 4.24. The molecule has 6 heteroatoms. The third-order valence-corrected chi connectivity index (χ3v) is 5.25. The number of para-hydroxylation sites is 2. The van der Waals surface area contributed by atoms with E-state index < -0.39 is 0 Å². The van der Waals surface area contributed by atoms with Crippen molar-refractivity contribution >= 4 is 16.9 Å². The van der Waals surface area contributed by atoms with Crippen molar-refractivity contribution in [3.63, 3.8) is 0 Å². The van der Waals surface area contributed by atoms with Crippen LogP contribution in [0.25, 0.3) is 11.0 Å². The van der Waals surface area contributed by atoms with Crippen molar-refractivity contribution < 1.29 is 0 Å². The first-order valence-electron chi connectivity index (χ1n) is 8.89. The summed E-state index contributed by atoms with van der Waals surface area (Å²) in [6.45, 7) is 5.57. The van der Waals surface area contributed by atoms with Crippen LogP contribution in [0.15, 0.2) is 29.1 Å². The molecule has 6 nitrogen and oxygen atoms in total. The number of anilines is 1. The molecule has 3 heterocycles. The van der Waals surface area contributed by atoms with Gasteiger partial charge in [0.15, 0.2) is 5.82 Å². The van der Waals surface area contributed by atoms with Crippen LogP contribution in [0.5, 0.6) is 0 Å². The predicted octanol–water partition coefficient (Wildman–Crippen LogP) is 1.07. The third-order valence-electron chi connectivity index (χ3n) is 5.25. The summed E-state index contributed by atoms with van der Waals surface area (Å²) in [5, 5.41) is 3.34. The van der Waals surface area contributed by atoms with E-state index in [1.807, 2.05) is 28.8 Å². The lowest BCUT2D eigenvalue weighted by atomic mass is 10.0. The van der Waals surface area contributed by atoms with Gasteiger partial charge < -0.3 is 19.7 Å². The van der Waals surface area contributed by atoms with Crippen LogP contribution >= 0.6 is 0 Å². The number of nitrogens with zero attached hydrogens (tertiary/aromatic N) is 4. The summed E-state index contributed by atoms with van der Waals surface area (Å²) in [4.78, 5) is 22.5. The molecule has 0 saturated carbocycles. The number of piperidine rings is 1. The zero-order chi connectivity index (χ0) is 16.5. The second kappa shape index (κ2) is 6.53. The van der Waals surface area contributed by atoms with Crippen molar-refractivity contribution in [1.29, 1.82) is 0 Å². The lowest BCUT2D eigenvalue weighted by Crippen LogP contribution is -2.47. The van der Waals surface area contributed by atoms with Gasteiger partial charge in [0, 0.05) is 32.2 Å². The maximum atomic E-state index is 13.3. The number of piperazine rings is 1. The second-order valence-electron chi connectivity index (χ2n) is 6.87. The highest BCUT2D eigenvalue weighted by Crippen LogP contribution is 2.25. The van der Waals surface area contributed by atoms with E-state index >= 15 is 0 Å². The summed E-state index contributed by atoms with van der Waals surface area (Å²) in [5.41, 5.74) is 1.96. The van der Waals surface area contributed by atoms with E-state index in [1.165, 1.54) is 0 Å². The van der Waals surface area contributed by atoms with Gasteiger partial charge in [0.05, 0.1) is 11.0 Å². The summed E-state index contributed by atoms with van der Waals surface area (Å²) in [5.74, 6) is 0.620. The highest BCUT2D eigenvalue weighted by atomic mass is 16.1. The molecule has 0 radical (unpaired) electrons. The van der Waals surface area contributed by atoms with Crippen LogP contribution in [-0.2, 0) is 0 Å². The molecule has 0 unspecified atom stereocenters. The maximum Gasteiger partial charge on any atom is 0.294 e. The Bertz CT molecular complexity index is 773. The molecule has 0 amide bonds. The number of rotatable bonds is 2. The smallest absolute Gasteiger partial charge is 0.294 e. The topological polar surface area (TPSA) is 53.4 Å². The van der Waals surface area contributed by atoms with Gasteiger partial charge >= 0.3 is 0 Å². The maximum absolute atomic E-state index is 13.3. The number of benzene rings is 1. The minimum absolute atomic E-state index is 0.0742. The average Bonchev–Trinajstić information content (AvgIpc) is 2.63. The van der Waals surface area contributed by atoms with Crippen LogP contribution in [0.1, 0.15) is 18.9 Å². The van der Waals surface area contributed by atoms with Crippen molar-refractivity contribution in [2.24, 2.45) is 0 Å². The van der Waals surface area contributed by atoms with Crippen LogP contribution < -0.4 is 15.8 Å². The quantitative estimate of drug-likeness (QED) is 0.894. The van der Waals surface area contributed by atoms with Gasteiger partial charge in [-0.2, -0.15) is 0 Å². The Labute approximate surface area is 142 Å². The Balaban J connectivity index is 1.83. The molecule has 2 fully saturated rings. The highest BCUT2D eigenvalue weighted by Gasteiger charge is 2.25. The Hall–Kier alpha value is -1.92. The summed E-state index contributed by atoms with van der Waals surface area (Å²) < 4.78 is 2.02. The first kappa shape index (κ1) is 15.6. The minimum Gasteiger partial charge on any atom is -0.349 e. The molecule has 1 aromatic carbocycles. The first-order valence-corrected chi connectivity index (χ1v) is 8.89. The van der Waals surface area contributed by atoms with Gasteiger partial charge in [-0.3, -0.25) is 4.79 Å². The van der Waals surface area contributed by atoms with E-state index in [1.54, 1.807) is 0 Å². The van der Waals surface area contributed by atoms with Crippen molar-refractivity contribution in [3.8, 4) is 0 Å². The number of hydrogen-bond donors (Lipinski definition) is 1. The summed E-state index contributed by atoms with van der Waals surface area (Å²) in [6.07, 6.45) is 2.04. The second-order valence-corrected chi connectivity index (χ2v) is 6.87. The van der Waals surface area contributed by atoms with Crippen LogP contribution in [0, 0.1) is 0 Å². The van der Waals surface area contributed by atoms with Crippen LogP contribution in [0.3, 0.4) is 0 Å². The fraction of sp³-hybridized carbons (Fsp3) is 0.556. The van der Waals surface area contributed by atoms with Crippen molar-refractivity contribution in [2.45, 2.75) is 18.9 Å². The normalized spacial score (nSPS) is 20.6. The molecule has 2 saturated heterocycles. The molecule has 24 heavy (non-hydrogen) atoms. The van der Waals surface area contributed by atoms with E-state index in [4.69, 9.17) is 4.98 Å². The van der Waals surface area contributed by atoms with Gasteiger partial charge in [-0.05, 0) is 45.1 Å². The van der Waals surface area contributed by atoms with Crippen molar-refractivity contribution in [1.82, 2.24) is 19.8 Å². The zero-order valence-corrected chi connectivity index (χ0v) is 14.2. The molecule has 0 atom stereocenters. The molecule has 0 bridgehead atoms. The van der Waals surface area contributed by atoms with Gasteiger partial charge in [0.2, 0.25) is 0 Å². The summed E-state index contributed by atoms with van der Waals surface area (Å²) >= 11 is 0. The zero-order valence-electron chi connectivity index (χ0n) is 14.2. The molecule has 1 aromatic heterocycles. The van der Waals surface area contributed by atoms with Gasteiger partial charge in [0.25, 0.3) is 5.56 Å². The van der Waals surface area contributed by atoms with Gasteiger partial charge in [-0.25, -0.2) is 4.98 Å². The largest absolute Gasteiger partial charge is 0.349 e. The summed E-state index contributed by atoms with van der Waals surface area (Å²) in [7, 11) is 2.15. The van der Waals surface area contributed by atoms with Crippen molar-refractivity contribution in [2.75, 3.05) is 51.2 Å². The number of nitrogens with one attached hydrogen (secondary N) is 1. The van der Waals surface area contributed by atoms with Gasteiger partial charge in [-0.1, -0.05) is 12.1 Å². The molecule has 0 aliphatic carbocycles.